The molecule has 3 heterocycles. The van der Waals surface area contributed by atoms with Crippen molar-refractivity contribution in [3.05, 3.63) is 87.8 Å². The zero-order valence-corrected chi connectivity index (χ0v) is 18.1. The van der Waals surface area contributed by atoms with Gasteiger partial charge in [0.15, 0.2) is 11.5 Å². The Morgan fingerprint density at radius 1 is 1.12 bits per heavy atom. The molecule has 0 fully saturated rings. The first-order valence-corrected chi connectivity index (χ1v) is 10.6. The number of benzene rings is 2. The van der Waals surface area contributed by atoms with Gasteiger partial charge in [0.25, 0.3) is 5.56 Å². The van der Waals surface area contributed by atoms with Crippen molar-refractivity contribution in [1.29, 1.82) is 0 Å². The number of aromatic amines is 1. The Hall–Kier alpha value is -3.85. The average molecular weight is 467 g/mol. The van der Waals surface area contributed by atoms with Crippen LogP contribution in [0, 0.1) is 11.6 Å². The van der Waals surface area contributed by atoms with E-state index in [1.54, 1.807) is 6.07 Å². The molecule has 7 nitrogen and oxygen atoms in total. The number of halogens is 3. The van der Waals surface area contributed by atoms with Crippen molar-refractivity contribution in [2.75, 3.05) is 5.32 Å². The van der Waals surface area contributed by atoms with E-state index < -0.39 is 23.2 Å². The summed E-state index contributed by atoms with van der Waals surface area (Å²) >= 11 is 6.17. The van der Waals surface area contributed by atoms with Gasteiger partial charge in [-0.25, -0.2) is 23.7 Å². The van der Waals surface area contributed by atoms with Crippen molar-refractivity contribution in [1.82, 2.24) is 24.5 Å². The number of nitrogens with one attached hydrogen (secondary N) is 2. The second-order valence-corrected chi connectivity index (χ2v) is 7.82. The highest BCUT2D eigenvalue weighted by Crippen LogP contribution is 2.30. The van der Waals surface area contributed by atoms with Crippen molar-refractivity contribution in [3.8, 4) is 5.69 Å². The number of fused-ring (bicyclic) bond motifs is 2. The topological polar surface area (TPSA) is 88.5 Å². The molecule has 0 aliphatic rings. The molecule has 0 radical (unpaired) electrons. The monoisotopic (exact) mass is 466 g/mol. The summed E-state index contributed by atoms with van der Waals surface area (Å²) in [6, 6.07) is 9.61. The summed E-state index contributed by atoms with van der Waals surface area (Å²) in [7, 11) is 0. The van der Waals surface area contributed by atoms with Gasteiger partial charge in [0.1, 0.15) is 23.5 Å². The molecule has 0 aliphatic carbocycles. The van der Waals surface area contributed by atoms with Gasteiger partial charge in [-0.15, -0.1) is 0 Å². The molecular formula is C23H17ClF2N6O. The van der Waals surface area contributed by atoms with Gasteiger partial charge < -0.3 is 10.3 Å². The maximum absolute atomic E-state index is 14.2. The van der Waals surface area contributed by atoms with E-state index in [9.17, 15) is 13.6 Å². The lowest BCUT2D eigenvalue weighted by Crippen LogP contribution is -2.27. The number of H-pyrrole nitrogens is 1. The van der Waals surface area contributed by atoms with E-state index in [2.05, 4.69) is 25.3 Å². The molecular weight excluding hydrogens is 450 g/mol. The van der Waals surface area contributed by atoms with E-state index in [4.69, 9.17) is 11.6 Å². The minimum Gasteiger partial charge on any atom is -0.360 e. The summed E-state index contributed by atoms with van der Waals surface area (Å²) < 4.78 is 29.2. The highest BCUT2D eigenvalue weighted by atomic mass is 35.5. The van der Waals surface area contributed by atoms with Gasteiger partial charge in [0.2, 0.25) is 0 Å². The predicted octanol–water partition coefficient (Wildman–Crippen LogP) is 5.15. The van der Waals surface area contributed by atoms with Crippen LogP contribution in [-0.4, -0.2) is 24.5 Å². The molecule has 33 heavy (non-hydrogen) atoms. The Morgan fingerprint density at radius 3 is 2.67 bits per heavy atom. The predicted molar refractivity (Wildman–Crippen MR) is 123 cm³/mol. The highest BCUT2D eigenvalue weighted by Gasteiger charge is 2.22. The van der Waals surface area contributed by atoms with Gasteiger partial charge in [0.05, 0.1) is 22.8 Å². The van der Waals surface area contributed by atoms with Crippen molar-refractivity contribution >= 4 is 39.4 Å². The number of imidazole rings is 1. The smallest absolute Gasteiger partial charge is 0.264 e. The number of rotatable bonds is 5. The molecule has 0 spiro atoms. The molecule has 0 aliphatic heterocycles. The summed E-state index contributed by atoms with van der Waals surface area (Å²) in [4.78, 5) is 29.2. The largest absolute Gasteiger partial charge is 0.360 e. The molecule has 5 rings (SSSR count). The third kappa shape index (κ3) is 3.60. The van der Waals surface area contributed by atoms with Crippen LogP contribution < -0.4 is 10.9 Å². The third-order valence-corrected chi connectivity index (χ3v) is 5.85. The van der Waals surface area contributed by atoms with Crippen molar-refractivity contribution in [2.24, 2.45) is 0 Å². The lowest BCUT2D eigenvalue weighted by molar-refractivity contribution is 0.626. The summed E-state index contributed by atoms with van der Waals surface area (Å²) in [6.07, 6.45) is 3.50. The zero-order chi connectivity index (χ0) is 23.1. The van der Waals surface area contributed by atoms with Gasteiger partial charge in [-0.05, 0) is 48.2 Å². The van der Waals surface area contributed by atoms with E-state index in [1.807, 2.05) is 6.92 Å². The highest BCUT2D eigenvalue weighted by molar-refractivity contribution is 6.35. The van der Waals surface area contributed by atoms with E-state index in [-0.39, 0.29) is 10.4 Å². The fourth-order valence-electron chi connectivity index (χ4n) is 3.89. The maximum Gasteiger partial charge on any atom is 0.264 e. The van der Waals surface area contributed by atoms with E-state index in [1.165, 1.54) is 53.6 Å². The maximum atomic E-state index is 14.2. The molecule has 0 saturated carbocycles. The Balaban J connectivity index is 1.75. The Bertz CT molecular complexity index is 1550. The molecule has 1 atom stereocenters. The summed E-state index contributed by atoms with van der Waals surface area (Å²) in [5, 5.41) is 3.63. The van der Waals surface area contributed by atoms with Gasteiger partial charge in [-0.2, -0.15) is 0 Å². The van der Waals surface area contributed by atoms with Crippen LogP contribution in [-0.2, 0) is 0 Å². The molecule has 10 heteroatoms. The van der Waals surface area contributed by atoms with Crippen LogP contribution in [0.1, 0.15) is 25.1 Å². The zero-order valence-electron chi connectivity index (χ0n) is 17.3. The van der Waals surface area contributed by atoms with Crippen LogP contribution in [0.15, 0.2) is 59.9 Å². The fraction of sp³-hybridized carbons (Fsp3) is 0.130. The van der Waals surface area contributed by atoms with Gasteiger partial charge in [-0.3, -0.25) is 9.36 Å². The quantitative estimate of drug-likeness (QED) is 0.374. The van der Waals surface area contributed by atoms with Gasteiger partial charge in [-0.1, -0.05) is 24.6 Å². The lowest BCUT2D eigenvalue weighted by Gasteiger charge is -2.23. The fourth-order valence-corrected chi connectivity index (χ4v) is 4.14. The number of aromatic nitrogens is 5. The van der Waals surface area contributed by atoms with Gasteiger partial charge >= 0.3 is 0 Å². The van der Waals surface area contributed by atoms with Crippen LogP contribution in [0.5, 0.6) is 0 Å². The van der Waals surface area contributed by atoms with Crippen LogP contribution in [0.2, 0.25) is 5.02 Å². The minimum atomic E-state index is -0.688. The van der Waals surface area contributed by atoms with E-state index >= 15 is 0 Å². The number of nitrogens with zero attached hydrogens (tertiary/aromatic N) is 4. The van der Waals surface area contributed by atoms with Crippen LogP contribution in [0.4, 0.5) is 14.6 Å². The Morgan fingerprint density at radius 2 is 1.91 bits per heavy atom. The first kappa shape index (κ1) is 21.0. The van der Waals surface area contributed by atoms with Crippen molar-refractivity contribution < 1.29 is 8.78 Å². The summed E-state index contributed by atoms with van der Waals surface area (Å²) in [5.41, 5.74) is 1.61. The number of anilines is 1. The molecule has 2 aromatic carbocycles. The standard InChI is InChI=1S/C23H17ClF2N6O/c1-2-16(31-22-20-21(28-10-27-20)29-11-30-22)17-9-12-3-8-15(26)19(24)18(12)23(33)32(17)14-6-4-13(25)5-7-14/h3-11,16H,2H2,1H3,(H2,27,28,29,30,31). The number of hydrogen-bond donors (Lipinski definition) is 2. The Kier molecular flexibility index (Phi) is 5.26. The SMILES string of the molecule is CCC(Nc1ncnc2[nH]cnc12)c1cc2ccc(F)c(Cl)c2c(=O)n1-c1ccc(F)cc1. The second kappa shape index (κ2) is 8.25. The number of pyridine rings is 1. The molecule has 5 aromatic rings. The molecule has 3 aromatic heterocycles. The molecule has 1 unspecified atom stereocenters. The van der Waals surface area contributed by atoms with E-state index in [0.717, 1.165) is 0 Å². The molecule has 166 valence electrons. The second-order valence-electron chi connectivity index (χ2n) is 7.44. The summed E-state index contributed by atoms with van der Waals surface area (Å²) in [5.74, 6) is -0.638. The normalized spacial score (nSPS) is 12.4. The van der Waals surface area contributed by atoms with Crippen molar-refractivity contribution in [3.63, 3.8) is 0 Å². The van der Waals surface area contributed by atoms with E-state index in [0.29, 0.717) is 40.2 Å². The average Bonchev–Trinajstić information content (AvgIpc) is 3.30. The molecule has 0 bridgehead atoms. The van der Waals surface area contributed by atoms with Crippen LogP contribution >= 0.6 is 11.6 Å². The minimum absolute atomic E-state index is 0.0522. The number of hydrogen-bond acceptors (Lipinski definition) is 5. The molecule has 0 saturated heterocycles. The first-order valence-electron chi connectivity index (χ1n) is 10.2. The Labute approximate surface area is 191 Å². The summed E-state index contributed by atoms with van der Waals surface area (Å²) in [6.45, 7) is 1.95. The third-order valence-electron chi connectivity index (χ3n) is 5.48. The van der Waals surface area contributed by atoms with Crippen molar-refractivity contribution in [2.45, 2.75) is 19.4 Å². The lowest BCUT2D eigenvalue weighted by atomic mass is 10.0. The van der Waals surface area contributed by atoms with Crippen LogP contribution in [0.3, 0.4) is 0 Å². The molecule has 2 N–H and O–H groups in total. The molecule has 0 amide bonds. The van der Waals surface area contributed by atoms with Crippen LogP contribution in [0.25, 0.3) is 27.6 Å². The first-order chi connectivity index (χ1) is 16.0. The van der Waals surface area contributed by atoms with Gasteiger partial charge in [0, 0.05) is 11.4 Å².